The fraction of sp³-hybridized carbons (Fsp3) is 0.192. The molecule has 2 aromatic carbocycles. The summed E-state index contributed by atoms with van der Waals surface area (Å²) in [4.78, 5) is 24.9. The molecule has 8 nitrogen and oxygen atoms in total. The number of benzene rings is 2. The SMILES string of the molecule is CCOC(=O)c1c(C)n(Cc2ccco2)c2ccc(OCC(=O)N/N=C\c3ccccc3)cc12. The van der Waals surface area contributed by atoms with Gasteiger partial charge in [-0.05, 0) is 49.7 Å². The predicted molar refractivity (Wildman–Crippen MR) is 128 cm³/mol. The Labute approximate surface area is 196 Å². The van der Waals surface area contributed by atoms with E-state index in [1.807, 2.05) is 60.0 Å². The van der Waals surface area contributed by atoms with E-state index in [-0.39, 0.29) is 13.2 Å². The number of rotatable bonds is 9. The lowest BCUT2D eigenvalue weighted by Gasteiger charge is -2.08. The van der Waals surface area contributed by atoms with Crippen molar-refractivity contribution in [3.8, 4) is 5.75 Å². The van der Waals surface area contributed by atoms with Crippen LogP contribution in [0.15, 0.2) is 76.4 Å². The molecule has 0 bridgehead atoms. The van der Waals surface area contributed by atoms with Crippen molar-refractivity contribution in [2.45, 2.75) is 20.4 Å². The van der Waals surface area contributed by atoms with E-state index in [0.29, 0.717) is 23.2 Å². The third-order valence-electron chi connectivity index (χ3n) is 5.24. The zero-order valence-electron chi connectivity index (χ0n) is 19.0. The minimum atomic E-state index is -0.409. The largest absolute Gasteiger partial charge is 0.484 e. The van der Waals surface area contributed by atoms with Gasteiger partial charge in [0, 0.05) is 16.6 Å². The van der Waals surface area contributed by atoms with Crippen LogP contribution in [0.1, 0.15) is 34.3 Å². The fourth-order valence-corrected chi connectivity index (χ4v) is 3.67. The molecule has 2 heterocycles. The van der Waals surface area contributed by atoms with Crippen LogP contribution in [-0.4, -0.2) is 35.9 Å². The number of esters is 1. The maximum Gasteiger partial charge on any atom is 0.340 e. The molecular weight excluding hydrogens is 434 g/mol. The zero-order chi connectivity index (χ0) is 23.9. The van der Waals surface area contributed by atoms with E-state index in [9.17, 15) is 9.59 Å². The van der Waals surface area contributed by atoms with Crippen LogP contribution < -0.4 is 10.2 Å². The number of carbonyl (C=O) groups excluding carboxylic acids is 2. The lowest BCUT2D eigenvalue weighted by Crippen LogP contribution is -2.24. The first-order valence-electron chi connectivity index (χ1n) is 10.9. The van der Waals surface area contributed by atoms with Crippen LogP contribution in [0, 0.1) is 6.92 Å². The quantitative estimate of drug-likeness (QED) is 0.229. The molecule has 0 fully saturated rings. The van der Waals surface area contributed by atoms with E-state index < -0.39 is 11.9 Å². The van der Waals surface area contributed by atoms with E-state index in [0.717, 1.165) is 22.5 Å². The number of ether oxygens (including phenoxy) is 2. The Kier molecular flexibility index (Phi) is 7.07. The summed E-state index contributed by atoms with van der Waals surface area (Å²) < 4.78 is 18.4. The molecule has 174 valence electrons. The molecule has 4 rings (SSSR count). The molecule has 0 saturated carbocycles. The van der Waals surface area contributed by atoms with Gasteiger partial charge in [-0.1, -0.05) is 30.3 Å². The molecule has 0 aliphatic heterocycles. The van der Waals surface area contributed by atoms with Crippen molar-refractivity contribution in [1.82, 2.24) is 9.99 Å². The van der Waals surface area contributed by atoms with Crippen LogP contribution in [0.5, 0.6) is 5.75 Å². The normalized spacial score (nSPS) is 11.1. The van der Waals surface area contributed by atoms with Gasteiger partial charge in [-0.2, -0.15) is 5.10 Å². The smallest absolute Gasteiger partial charge is 0.340 e. The highest BCUT2D eigenvalue weighted by molar-refractivity contribution is 6.06. The summed E-state index contributed by atoms with van der Waals surface area (Å²) in [6.45, 7) is 4.15. The number of carbonyl (C=O) groups is 2. The highest BCUT2D eigenvalue weighted by atomic mass is 16.5. The van der Waals surface area contributed by atoms with Gasteiger partial charge in [0.15, 0.2) is 6.61 Å². The zero-order valence-corrected chi connectivity index (χ0v) is 19.0. The third kappa shape index (κ3) is 5.17. The Morgan fingerprint density at radius 1 is 1.12 bits per heavy atom. The standard InChI is InChI=1S/C26H25N3O5/c1-3-32-26(31)25-18(2)29(16-21-10-7-13-33-21)23-12-11-20(14-22(23)25)34-17-24(30)28-27-15-19-8-5-4-6-9-19/h4-15H,3,16-17H2,1-2H3,(H,28,30)/b27-15-. The molecule has 1 N–H and O–H groups in total. The molecule has 8 heteroatoms. The maximum atomic E-state index is 12.7. The van der Waals surface area contributed by atoms with Crippen molar-refractivity contribution in [3.05, 3.63) is 89.5 Å². The average molecular weight is 460 g/mol. The number of hydrogen-bond donors (Lipinski definition) is 1. The van der Waals surface area contributed by atoms with Gasteiger partial charge >= 0.3 is 5.97 Å². The van der Waals surface area contributed by atoms with Gasteiger partial charge in [-0.25, -0.2) is 10.2 Å². The summed E-state index contributed by atoms with van der Waals surface area (Å²) in [5, 5.41) is 4.62. The number of hydrogen-bond acceptors (Lipinski definition) is 6. The van der Waals surface area contributed by atoms with Crippen LogP contribution in [0.2, 0.25) is 0 Å². The fourth-order valence-electron chi connectivity index (χ4n) is 3.67. The lowest BCUT2D eigenvalue weighted by molar-refractivity contribution is -0.123. The molecule has 0 radical (unpaired) electrons. The van der Waals surface area contributed by atoms with E-state index in [1.54, 1.807) is 31.5 Å². The molecule has 0 aliphatic rings. The molecule has 0 spiro atoms. The van der Waals surface area contributed by atoms with Crippen molar-refractivity contribution >= 4 is 29.0 Å². The minimum absolute atomic E-state index is 0.224. The van der Waals surface area contributed by atoms with Crippen LogP contribution in [0.4, 0.5) is 0 Å². The lowest BCUT2D eigenvalue weighted by atomic mass is 10.1. The maximum absolute atomic E-state index is 12.7. The number of nitrogens with zero attached hydrogens (tertiary/aromatic N) is 2. The first-order valence-corrected chi connectivity index (χ1v) is 10.9. The molecular formula is C26H25N3O5. The Balaban J connectivity index is 1.52. The number of aromatic nitrogens is 1. The summed E-state index contributed by atoms with van der Waals surface area (Å²) in [5.41, 5.74) is 5.37. The third-order valence-corrected chi connectivity index (χ3v) is 5.24. The van der Waals surface area contributed by atoms with Gasteiger partial charge in [-0.3, -0.25) is 4.79 Å². The molecule has 34 heavy (non-hydrogen) atoms. The van der Waals surface area contributed by atoms with E-state index in [4.69, 9.17) is 13.9 Å². The molecule has 0 aliphatic carbocycles. The van der Waals surface area contributed by atoms with E-state index in [2.05, 4.69) is 10.5 Å². The second-order valence-electron chi connectivity index (χ2n) is 7.52. The number of amides is 1. The topological polar surface area (TPSA) is 95.1 Å². The Bertz CT molecular complexity index is 1310. The first kappa shape index (κ1) is 22.8. The molecule has 2 aromatic heterocycles. The minimum Gasteiger partial charge on any atom is -0.484 e. The Morgan fingerprint density at radius 2 is 1.94 bits per heavy atom. The molecule has 4 aromatic rings. The number of nitrogens with one attached hydrogen (secondary N) is 1. The highest BCUT2D eigenvalue weighted by Crippen LogP contribution is 2.31. The van der Waals surface area contributed by atoms with Crippen molar-refractivity contribution in [2.24, 2.45) is 5.10 Å². The Hall–Kier alpha value is -4.33. The molecule has 1 amide bonds. The van der Waals surface area contributed by atoms with E-state index in [1.165, 1.54) is 0 Å². The second kappa shape index (κ2) is 10.5. The number of fused-ring (bicyclic) bond motifs is 1. The summed E-state index contributed by atoms with van der Waals surface area (Å²) in [6, 6.07) is 18.5. The van der Waals surface area contributed by atoms with Gasteiger partial charge in [-0.15, -0.1) is 0 Å². The van der Waals surface area contributed by atoms with Gasteiger partial charge in [0.05, 0.1) is 31.2 Å². The van der Waals surface area contributed by atoms with Crippen molar-refractivity contribution < 1.29 is 23.5 Å². The number of furan rings is 1. The molecule has 0 atom stereocenters. The van der Waals surface area contributed by atoms with Crippen molar-refractivity contribution in [1.29, 1.82) is 0 Å². The summed E-state index contributed by atoms with van der Waals surface area (Å²) in [5.74, 6) is 0.414. The Morgan fingerprint density at radius 3 is 2.68 bits per heavy atom. The van der Waals surface area contributed by atoms with Crippen LogP contribution >= 0.6 is 0 Å². The highest BCUT2D eigenvalue weighted by Gasteiger charge is 2.22. The number of hydrazone groups is 1. The predicted octanol–water partition coefficient (Wildman–Crippen LogP) is 4.30. The van der Waals surface area contributed by atoms with Gasteiger partial charge in [0.25, 0.3) is 5.91 Å². The summed E-state index contributed by atoms with van der Waals surface area (Å²) >= 11 is 0. The van der Waals surface area contributed by atoms with Crippen LogP contribution in [0.25, 0.3) is 10.9 Å². The van der Waals surface area contributed by atoms with Crippen LogP contribution in [0.3, 0.4) is 0 Å². The molecule has 0 saturated heterocycles. The second-order valence-corrected chi connectivity index (χ2v) is 7.52. The average Bonchev–Trinajstić information content (AvgIpc) is 3.45. The van der Waals surface area contributed by atoms with Crippen molar-refractivity contribution in [3.63, 3.8) is 0 Å². The van der Waals surface area contributed by atoms with Gasteiger partial charge in [0.2, 0.25) is 0 Å². The monoisotopic (exact) mass is 459 g/mol. The first-order chi connectivity index (χ1) is 16.6. The summed E-state index contributed by atoms with van der Waals surface area (Å²) in [6.07, 6.45) is 3.17. The molecule has 0 unspecified atom stereocenters. The van der Waals surface area contributed by atoms with E-state index >= 15 is 0 Å². The van der Waals surface area contributed by atoms with Gasteiger partial charge in [0.1, 0.15) is 11.5 Å². The van der Waals surface area contributed by atoms with Crippen molar-refractivity contribution in [2.75, 3.05) is 13.2 Å². The van der Waals surface area contributed by atoms with Gasteiger partial charge < -0.3 is 18.5 Å². The van der Waals surface area contributed by atoms with Crippen LogP contribution in [-0.2, 0) is 16.1 Å². The summed E-state index contributed by atoms with van der Waals surface area (Å²) in [7, 11) is 0.